The first-order valence-corrected chi connectivity index (χ1v) is 10.8. The van der Waals surface area contributed by atoms with Gasteiger partial charge in [0.25, 0.3) is 5.91 Å². The maximum Gasteiger partial charge on any atom is 0.251 e. The lowest BCUT2D eigenvalue weighted by Gasteiger charge is -2.26. The first-order chi connectivity index (χ1) is 13.6. The summed E-state index contributed by atoms with van der Waals surface area (Å²) in [7, 11) is -3.50. The van der Waals surface area contributed by atoms with Gasteiger partial charge in [-0.05, 0) is 41.8 Å². The molecule has 7 heteroatoms. The zero-order chi connectivity index (χ0) is 19.6. The van der Waals surface area contributed by atoms with Crippen LogP contribution in [0.25, 0.3) is 6.08 Å². The third-order valence-electron chi connectivity index (χ3n) is 5.06. The monoisotopic (exact) mass is 398 g/mol. The lowest BCUT2D eigenvalue weighted by Crippen LogP contribution is -2.40. The highest BCUT2D eigenvalue weighted by Gasteiger charge is 2.26. The number of benzene rings is 2. The van der Waals surface area contributed by atoms with E-state index in [9.17, 15) is 13.2 Å². The summed E-state index contributed by atoms with van der Waals surface area (Å²) in [5, 5.41) is 0. The van der Waals surface area contributed by atoms with Gasteiger partial charge < -0.3 is 9.64 Å². The van der Waals surface area contributed by atoms with Crippen molar-refractivity contribution < 1.29 is 17.9 Å². The smallest absolute Gasteiger partial charge is 0.251 e. The fourth-order valence-corrected chi connectivity index (χ4v) is 4.92. The van der Waals surface area contributed by atoms with Gasteiger partial charge >= 0.3 is 0 Å². The number of ether oxygens (including phenoxy) is 1. The van der Waals surface area contributed by atoms with Crippen LogP contribution in [-0.2, 0) is 26.0 Å². The maximum atomic E-state index is 12.6. The van der Waals surface area contributed by atoms with Gasteiger partial charge in [0.05, 0.1) is 18.1 Å². The van der Waals surface area contributed by atoms with Crippen molar-refractivity contribution in [3.63, 3.8) is 0 Å². The SMILES string of the molecule is O=C(C=Cc1ccc(S(=O)(=O)N2CCOCC2)cc1)N1CCc2ccccc21. The van der Waals surface area contributed by atoms with Gasteiger partial charge in [0.2, 0.25) is 10.0 Å². The van der Waals surface area contributed by atoms with Crippen LogP contribution >= 0.6 is 0 Å². The van der Waals surface area contributed by atoms with Crippen molar-refractivity contribution in [1.29, 1.82) is 0 Å². The summed E-state index contributed by atoms with van der Waals surface area (Å²) >= 11 is 0. The Morgan fingerprint density at radius 2 is 1.68 bits per heavy atom. The van der Waals surface area contributed by atoms with E-state index in [1.54, 1.807) is 35.2 Å². The summed E-state index contributed by atoms with van der Waals surface area (Å²) in [6.07, 6.45) is 4.12. The second-order valence-electron chi connectivity index (χ2n) is 6.79. The molecule has 2 aromatic carbocycles. The molecule has 28 heavy (non-hydrogen) atoms. The highest BCUT2D eigenvalue weighted by molar-refractivity contribution is 7.89. The van der Waals surface area contributed by atoms with Crippen LogP contribution in [-0.4, -0.2) is 51.5 Å². The molecule has 0 atom stereocenters. The molecule has 0 bridgehead atoms. The van der Waals surface area contributed by atoms with Gasteiger partial charge in [-0.25, -0.2) is 8.42 Å². The number of hydrogen-bond donors (Lipinski definition) is 0. The Hall–Kier alpha value is -2.48. The molecule has 0 radical (unpaired) electrons. The molecule has 0 aliphatic carbocycles. The van der Waals surface area contributed by atoms with Gasteiger partial charge in [0.15, 0.2) is 0 Å². The third-order valence-corrected chi connectivity index (χ3v) is 6.97. The van der Waals surface area contributed by atoms with E-state index in [1.165, 1.54) is 15.9 Å². The molecule has 0 spiro atoms. The highest BCUT2D eigenvalue weighted by Crippen LogP contribution is 2.27. The van der Waals surface area contributed by atoms with Crippen LogP contribution in [0, 0.1) is 0 Å². The Balaban J connectivity index is 1.45. The molecule has 1 amide bonds. The third kappa shape index (κ3) is 3.73. The molecular formula is C21H22N2O4S. The molecule has 2 aliphatic heterocycles. The summed E-state index contributed by atoms with van der Waals surface area (Å²) in [4.78, 5) is 14.6. The van der Waals surface area contributed by atoms with Crippen molar-refractivity contribution in [1.82, 2.24) is 4.31 Å². The summed E-state index contributed by atoms with van der Waals surface area (Å²) in [6.45, 7) is 2.26. The maximum absolute atomic E-state index is 12.6. The van der Waals surface area contributed by atoms with Gasteiger partial charge in [0, 0.05) is 31.4 Å². The number of rotatable bonds is 4. The summed E-state index contributed by atoms with van der Waals surface area (Å²) in [5.41, 5.74) is 2.92. The largest absolute Gasteiger partial charge is 0.379 e. The number of nitrogens with zero attached hydrogens (tertiary/aromatic N) is 2. The Morgan fingerprint density at radius 3 is 2.43 bits per heavy atom. The fraction of sp³-hybridized carbons (Fsp3) is 0.286. The van der Waals surface area contributed by atoms with Gasteiger partial charge in [-0.15, -0.1) is 0 Å². The van der Waals surface area contributed by atoms with Crippen LogP contribution in [0.3, 0.4) is 0 Å². The number of anilines is 1. The van der Waals surface area contributed by atoms with E-state index in [0.717, 1.165) is 17.7 Å². The minimum Gasteiger partial charge on any atom is -0.379 e. The molecule has 1 fully saturated rings. The summed E-state index contributed by atoms with van der Waals surface area (Å²) in [5.74, 6) is -0.0741. The Morgan fingerprint density at radius 1 is 0.964 bits per heavy atom. The predicted molar refractivity (Wildman–Crippen MR) is 108 cm³/mol. The van der Waals surface area contributed by atoms with Crippen molar-refractivity contribution in [2.45, 2.75) is 11.3 Å². The Kier molecular flexibility index (Phi) is 5.30. The molecule has 2 heterocycles. The van der Waals surface area contributed by atoms with E-state index >= 15 is 0 Å². The highest BCUT2D eigenvalue weighted by atomic mass is 32.2. The lowest BCUT2D eigenvalue weighted by atomic mass is 10.2. The van der Waals surface area contributed by atoms with E-state index in [4.69, 9.17) is 4.74 Å². The number of para-hydroxylation sites is 1. The summed E-state index contributed by atoms with van der Waals surface area (Å²) < 4.78 is 32.0. The Bertz CT molecular complexity index is 993. The van der Waals surface area contributed by atoms with Gasteiger partial charge in [-0.3, -0.25) is 4.79 Å². The zero-order valence-electron chi connectivity index (χ0n) is 15.5. The first kappa shape index (κ1) is 18.9. The zero-order valence-corrected chi connectivity index (χ0v) is 16.3. The molecule has 1 saturated heterocycles. The molecule has 0 unspecified atom stereocenters. The lowest BCUT2D eigenvalue weighted by molar-refractivity contribution is -0.114. The number of morpholine rings is 1. The molecule has 2 aliphatic rings. The van der Waals surface area contributed by atoms with Crippen LogP contribution in [0.5, 0.6) is 0 Å². The van der Waals surface area contributed by atoms with Gasteiger partial charge in [-0.2, -0.15) is 4.31 Å². The van der Waals surface area contributed by atoms with E-state index in [2.05, 4.69) is 0 Å². The van der Waals surface area contributed by atoms with Crippen molar-refractivity contribution in [2.24, 2.45) is 0 Å². The van der Waals surface area contributed by atoms with Crippen molar-refractivity contribution >= 4 is 27.7 Å². The standard InChI is InChI=1S/C21H22N2O4S/c24-21(23-12-11-18-3-1-2-4-20(18)23)10-7-17-5-8-19(9-6-17)28(25,26)22-13-15-27-16-14-22/h1-10H,11-16H2. The van der Waals surface area contributed by atoms with Crippen molar-refractivity contribution in [3.05, 3.63) is 65.7 Å². The molecule has 6 nitrogen and oxygen atoms in total. The Labute approximate surface area is 165 Å². The second kappa shape index (κ2) is 7.87. The fourth-order valence-electron chi connectivity index (χ4n) is 3.51. The number of sulfonamides is 1. The second-order valence-corrected chi connectivity index (χ2v) is 8.73. The van der Waals surface area contributed by atoms with Crippen molar-refractivity contribution in [3.8, 4) is 0 Å². The van der Waals surface area contributed by atoms with Crippen molar-refractivity contribution in [2.75, 3.05) is 37.7 Å². The van der Waals surface area contributed by atoms with Crippen LogP contribution in [0.4, 0.5) is 5.69 Å². The summed E-state index contributed by atoms with van der Waals surface area (Å²) in [6, 6.07) is 14.5. The van der Waals surface area contributed by atoms with Gasteiger partial charge in [-0.1, -0.05) is 30.3 Å². The van der Waals surface area contributed by atoms with Crippen LogP contribution in [0.2, 0.25) is 0 Å². The number of fused-ring (bicyclic) bond motifs is 1. The van der Waals surface area contributed by atoms with E-state index in [0.29, 0.717) is 32.8 Å². The molecular weight excluding hydrogens is 376 g/mol. The van der Waals surface area contributed by atoms with E-state index < -0.39 is 10.0 Å². The number of amides is 1. The number of hydrogen-bond acceptors (Lipinski definition) is 4. The first-order valence-electron chi connectivity index (χ1n) is 9.31. The van der Waals surface area contributed by atoms with Crippen LogP contribution < -0.4 is 4.90 Å². The molecule has 0 saturated carbocycles. The molecule has 4 rings (SSSR count). The average molecular weight is 398 g/mol. The molecule has 146 valence electrons. The average Bonchev–Trinajstić information content (AvgIpc) is 3.17. The normalized spacial score (nSPS) is 17.8. The molecule has 2 aromatic rings. The topological polar surface area (TPSA) is 66.9 Å². The minimum atomic E-state index is -3.50. The molecule has 0 N–H and O–H groups in total. The number of carbonyl (C=O) groups is 1. The minimum absolute atomic E-state index is 0.0741. The number of carbonyl (C=O) groups excluding carboxylic acids is 1. The quantitative estimate of drug-likeness (QED) is 0.742. The molecule has 0 aromatic heterocycles. The van der Waals surface area contributed by atoms with Gasteiger partial charge in [0.1, 0.15) is 0 Å². The predicted octanol–water partition coefficient (Wildman–Crippen LogP) is 2.31. The van der Waals surface area contributed by atoms with Crippen LogP contribution in [0.1, 0.15) is 11.1 Å². The van der Waals surface area contributed by atoms with Crippen LogP contribution in [0.15, 0.2) is 59.5 Å². The van der Waals surface area contributed by atoms with E-state index in [-0.39, 0.29) is 10.8 Å². The van der Waals surface area contributed by atoms with E-state index in [1.807, 2.05) is 24.3 Å².